The third kappa shape index (κ3) is 15.9. The lowest BCUT2D eigenvalue weighted by molar-refractivity contribution is 0.0973. The monoisotopic (exact) mass is 653 g/mol. The van der Waals surface area contributed by atoms with Gasteiger partial charge in [-0.1, -0.05) is 129 Å². The van der Waals surface area contributed by atoms with Gasteiger partial charge in [0, 0.05) is 22.3 Å². The molecule has 0 amide bonds. The molecule has 0 N–H and O–H groups in total. The minimum atomic E-state index is -0.0205. The molecule has 0 aromatic heterocycles. The van der Waals surface area contributed by atoms with Crippen LogP contribution in [0.15, 0.2) is 93.7 Å². The summed E-state index contributed by atoms with van der Waals surface area (Å²) in [6.07, 6.45) is 29.2. The molecule has 2 heteroatoms. The van der Waals surface area contributed by atoms with Crippen LogP contribution in [0.2, 0.25) is 0 Å². The van der Waals surface area contributed by atoms with Gasteiger partial charge >= 0.3 is 0 Å². The molecule has 0 saturated heterocycles. The Morgan fingerprint density at radius 1 is 0.562 bits per heavy atom. The van der Waals surface area contributed by atoms with Crippen LogP contribution in [-0.4, -0.2) is 11.6 Å². The summed E-state index contributed by atoms with van der Waals surface area (Å²) in [5.74, 6) is 1.68. The van der Waals surface area contributed by atoms with Gasteiger partial charge in [0.15, 0.2) is 11.6 Å². The van der Waals surface area contributed by atoms with Crippen LogP contribution in [0.1, 0.15) is 179 Å². The average molecular weight is 653 g/mol. The Kier molecular flexibility index (Phi) is 19.4. The summed E-state index contributed by atoms with van der Waals surface area (Å²) in [5, 5.41) is 0. The zero-order valence-corrected chi connectivity index (χ0v) is 32.3. The van der Waals surface area contributed by atoms with E-state index in [1.54, 1.807) is 24.6 Å². The maximum absolute atomic E-state index is 13.0. The molecule has 0 aliphatic heterocycles. The molecule has 0 spiro atoms. The standard InChI is InChI=1S/C46H68O2/c1-34(2)18-12-19-35(3)20-13-21-36(4)22-14-23-37(5)24-15-25-38(6)26-16-27-39(7)28-17-29-40(8)32-33-42-41(9)45(47)43-30-10-11-31-44(43)46(42)48/h10-11,22,24,26,28,30-32,34-35H,12-21,23,25,27,29,33H2,1-9H3. The van der Waals surface area contributed by atoms with Crippen LogP contribution in [0.25, 0.3) is 0 Å². The van der Waals surface area contributed by atoms with Crippen molar-refractivity contribution in [1.29, 1.82) is 0 Å². The smallest absolute Gasteiger partial charge is 0.190 e. The predicted octanol–water partition coefficient (Wildman–Crippen LogP) is 14.3. The third-order valence-electron chi connectivity index (χ3n) is 10.0. The van der Waals surface area contributed by atoms with Crippen molar-refractivity contribution in [2.75, 3.05) is 0 Å². The number of ketones is 2. The number of carbonyl (C=O) groups excluding carboxylic acids is 2. The van der Waals surface area contributed by atoms with Gasteiger partial charge in [0.05, 0.1) is 0 Å². The second-order valence-corrected chi connectivity index (χ2v) is 15.2. The molecule has 2 nitrogen and oxygen atoms in total. The molecule has 48 heavy (non-hydrogen) atoms. The molecule has 0 heterocycles. The molecule has 1 aliphatic carbocycles. The highest BCUT2D eigenvalue weighted by atomic mass is 16.1. The molecular formula is C46H68O2. The Morgan fingerprint density at radius 3 is 1.46 bits per heavy atom. The van der Waals surface area contributed by atoms with Crippen molar-refractivity contribution in [3.8, 4) is 0 Å². The Hall–Kier alpha value is -3.00. The number of hydrogen-bond acceptors (Lipinski definition) is 2. The number of carbonyl (C=O) groups is 2. The third-order valence-corrected chi connectivity index (χ3v) is 10.0. The van der Waals surface area contributed by atoms with Gasteiger partial charge in [0.1, 0.15) is 0 Å². The highest BCUT2D eigenvalue weighted by molar-refractivity contribution is 6.26. The quantitative estimate of drug-likeness (QED) is 0.117. The normalized spacial score (nSPS) is 15.9. The summed E-state index contributed by atoms with van der Waals surface area (Å²) >= 11 is 0. The highest BCUT2D eigenvalue weighted by Gasteiger charge is 2.28. The zero-order chi connectivity index (χ0) is 35.5. The maximum atomic E-state index is 13.0. The van der Waals surface area contributed by atoms with Crippen LogP contribution in [0, 0.1) is 11.8 Å². The Balaban J connectivity index is 1.63. The maximum Gasteiger partial charge on any atom is 0.190 e. The second kappa shape index (κ2) is 22.6. The van der Waals surface area contributed by atoms with Crippen molar-refractivity contribution < 1.29 is 9.59 Å². The summed E-state index contributed by atoms with van der Waals surface area (Å²) in [6.45, 7) is 20.1. The SMILES string of the molecule is CC(=CCCC(C)=CCCC(C)=CCC1=C(C)C(=O)c2ccccc2C1=O)CCC=C(C)CCC=C(C)CCCC(C)CCCC(C)C. The van der Waals surface area contributed by atoms with Gasteiger partial charge in [-0.15, -0.1) is 0 Å². The van der Waals surface area contributed by atoms with Crippen LogP contribution in [0.5, 0.6) is 0 Å². The molecule has 0 radical (unpaired) electrons. The fourth-order valence-corrected chi connectivity index (χ4v) is 6.52. The second-order valence-electron chi connectivity index (χ2n) is 15.2. The summed E-state index contributed by atoms with van der Waals surface area (Å²) in [4.78, 5) is 25.7. The fraction of sp³-hybridized carbons (Fsp3) is 0.565. The topological polar surface area (TPSA) is 34.1 Å². The van der Waals surface area contributed by atoms with Gasteiger partial charge in [0.25, 0.3) is 0 Å². The minimum Gasteiger partial charge on any atom is -0.289 e. The molecule has 1 aromatic carbocycles. The number of benzene rings is 1. The molecule has 264 valence electrons. The number of rotatable bonds is 22. The van der Waals surface area contributed by atoms with Crippen LogP contribution >= 0.6 is 0 Å². The molecule has 1 aliphatic rings. The minimum absolute atomic E-state index is 0.00588. The molecule has 0 bridgehead atoms. The summed E-state index contributed by atoms with van der Waals surface area (Å²) in [6, 6.07) is 7.16. The predicted molar refractivity (Wildman–Crippen MR) is 210 cm³/mol. The van der Waals surface area contributed by atoms with Gasteiger partial charge in [-0.2, -0.15) is 0 Å². The van der Waals surface area contributed by atoms with E-state index in [0.717, 1.165) is 50.4 Å². The Morgan fingerprint density at radius 2 is 0.979 bits per heavy atom. The Bertz CT molecular complexity index is 1370. The first-order valence-electron chi connectivity index (χ1n) is 19.0. The van der Waals surface area contributed by atoms with E-state index in [-0.39, 0.29) is 11.6 Å². The lowest BCUT2D eigenvalue weighted by Crippen LogP contribution is -2.20. The number of allylic oxidation sites excluding steroid dienone is 12. The van der Waals surface area contributed by atoms with Gasteiger partial charge in [0.2, 0.25) is 0 Å². The van der Waals surface area contributed by atoms with Gasteiger partial charge in [-0.05, 0) is 124 Å². The molecule has 1 unspecified atom stereocenters. The highest BCUT2D eigenvalue weighted by Crippen LogP contribution is 2.29. The summed E-state index contributed by atoms with van der Waals surface area (Å²) < 4.78 is 0. The first-order chi connectivity index (χ1) is 22.9. The Labute approximate surface area is 295 Å². The van der Waals surface area contributed by atoms with Gasteiger partial charge in [-0.25, -0.2) is 0 Å². The number of Topliss-reactive ketones (excluding diaryl/α,β-unsaturated/α-hetero) is 2. The summed E-state index contributed by atoms with van der Waals surface area (Å²) in [7, 11) is 0. The number of fused-ring (bicyclic) bond motifs is 1. The molecule has 1 atom stereocenters. The van der Waals surface area contributed by atoms with Crippen molar-refractivity contribution in [3.63, 3.8) is 0 Å². The summed E-state index contributed by atoms with van der Waals surface area (Å²) in [5.41, 5.74) is 9.57. The first kappa shape index (κ1) is 41.2. The molecule has 0 saturated carbocycles. The number of hydrogen-bond donors (Lipinski definition) is 0. The van der Waals surface area contributed by atoms with Crippen LogP contribution in [-0.2, 0) is 0 Å². The van der Waals surface area contributed by atoms with Crippen LogP contribution < -0.4 is 0 Å². The lowest BCUT2D eigenvalue weighted by atomic mass is 9.83. The van der Waals surface area contributed by atoms with Crippen molar-refractivity contribution in [2.24, 2.45) is 11.8 Å². The van der Waals surface area contributed by atoms with Crippen LogP contribution in [0.4, 0.5) is 0 Å². The van der Waals surface area contributed by atoms with Gasteiger partial charge < -0.3 is 0 Å². The van der Waals surface area contributed by atoms with E-state index in [0.29, 0.717) is 28.7 Å². The first-order valence-corrected chi connectivity index (χ1v) is 19.0. The molecule has 2 rings (SSSR count). The van der Waals surface area contributed by atoms with E-state index in [1.165, 1.54) is 73.7 Å². The fourth-order valence-electron chi connectivity index (χ4n) is 6.52. The lowest BCUT2D eigenvalue weighted by Gasteiger charge is -2.18. The van der Waals surface area contributed by atoms with E-state index in [4.69, 9.17) is 0 Å². The van der Waals surface area contributed by atoms with Crippen molar-refractivity contribution in [3.05, 3.63) is 105 Å². The zero-order valence-electron chi connectivity index (χ0n) is 32.3. The molecule has 1 aromatic rings. The molecular weight excluding hydrogens is 585 g/mol. The van der Waals surface area contributed by atoms with E-state index < -0.39 is 0 Å². The van der Waals surface area contributed by atoms with Crippen molar-refractivity contribution in [1.82, 2.24) is 0 Å². The largest absolute Gasteiger partial charge is 0.289 e. The molecule has 0 fully saturated rings. The van der Waals surface area contributed by atoms with Gasteiger partial charge in [-0.3, -0.25) is 9.59 Å². The van der Waals surface area contributed by atoms with E-state index in [2.05, 4.69) is 85.8 Å². The van der Waals surface area contributed by atoms with E-state index in [1.807, 2.05) is 12.1 Å². The van der Waals surface area contributed by atoms with Crippen molar-refractivity contribution >= 4 is 11.6 Å². The van der Waals surface area contributed by atoms with E-state index in [9.17, 15) is 9.59 Å². The van der Waals surface area contributed by atoms with Crippen LogP contribution in [0.3, 0.4) is 0 Å². The van der Waals surface area contributed by atoms with Crippen molar-refractivity contribution in [2.45, 2.75) is 159 Å². The van der Waals surface area contributed by atoms with E-state index >= 15 is 0 Å². The average Bonchev–Trinajstić information content (AvgIpc) is 3.03.